The second-order valence-electron chi connectivity index (χ2n) is 6.24. The fourth-order valence-corrected chi connectivity index (χ4v) is 3.37. The lowest BCUT2D eigenvalue weighted by Gasteiger charge is -2.13. The molecule has 1 amide bonds. The van der Waals surface area contributed by atoms with Gasteiger partial charge in [0.1, 0.15) is 17.3 Å². The number of anilines is 1. The van der Waals surface area contributed by atoms with E-state index in [0.29, 0.717) is 27.8 Å². The van der Waals surface area contributed by atoms with E-state index in [2.05, 4.69) is 5.32 Å². The molecule has 0 unspecified atom stereocenters. The van der Waals surface area contributed by atoms with Crippen LogP contribution in [-0.4, -0.2) is 24.7 Å². The van der Waals surface area contributed by atoms with Gasteiger partial charge in [-0.05, 0) is 50.2 Å². The van der Waals surface area contributed by atoms with Crippen molar-refractivity contribution in [3.05, 3.63) is 70.3 Å². The van der Waals surface area contributed by atoms with Crippen molar-refractivity contribution in [2.24, 2.45) is 0 Å². The highest BCUT2D eigenvalue weighted by molar-refractivity contribution is 6.32. The summed E-state index contributed by atoms with van der Waals surface area (Å²) in [6.07, 6.45) is 0. The quantitative estimate of drug-likeness (QED) is 0.641. The van der Waals surface area contributed by atoms with Crippen LogP contribution < -0.4 is 14.8 Å². The average Bonchev–Trinajstić information content (AvgIpc) is 2.97. The molecule has 1 heterocycles. The van der Waals surface area contributed by atoms with Gasteiger partial charge in [-0.2, -0.15) is 0 Å². The number of ether oxygens (including phenoxy) is 2. The van der Waals surface area contributed by atoms with Crippen molar-refractivity contribution in [3.63, 3.8) is 0 Å². The Morgan fingerprint density at radius 1 is 1.04 bits per heavy atom. The summed E-state index contributed by atoms with van der Waals surface area (Å²) in [6, 6.07) is 11.1. The van der Waals surface area contributed by atoms with E-state index in [-0.39, 0.29) is 11.7 Å². The molecule has 0 saturated heterocycles. The van der Waals surface area contributed by atoms with E-state index in [0.717, 1.165) is 17.1 Å². The number of hydrogen-bond acceptors (Lipinski definition) is 3. The zero-order chi connectivity index (χ0) is 20.4. The minimum Gasteiger partial charge on any atom is -0.495 e. The van der Waals surface area contributed by atoms with E-state index < -0.39 is 0 Å². The summed E-state index contributed by atoms with van der Waals surface area (Å²) in [7, 11) is 3.00. The molecule has 146 valence electrons. The van der Waals surface area contributed by atoms with E-state index >= 15 is 0 Å². The van der Waals surface area contributed by atoms with Crippen molar-refractivity contribution in [3.8, 4) is 17.2 Å². The normalized spacial score (nSPS) is 10.6. The SMILES string of the molecule is COc1cc(OC)c(NC(=O)c2cc(C)n(-c3ccc(F)cc3)c2C)cc1Cl. The molecule has 28 heavy (non-hydrogen) atoms. The average molecular weight is 403 g/mol. The van der Waals surface area contributed by atoms with E-state index in [1.807, 2.05) is 18.4 Å². The Kier molecular flexibility index (Phi) is 5.61. The van der Waals surface area contributed by atoms with Crippen molar-refractivity contribution in [1.82, 2.24) is 4.57 Å². The van der Waals surface area contributed by atoms with Crippen LogP contribution in [0.4, 0.5) is 10.1 Å². The van der Waals surface area contributed by atoms with Crippen LogP contribution >= 0.6 is 11.6 Å². The molecule has 3 rings (SSSR count). The lowest BCUT2D eigenvalue weighted by molar-refractivity contribution is 0.102. The van der Waals surface area contributed by atoms with Gasteiger partial charge in [-0.3, -0.25) is 4.79 Å². The van der Waals surface area contributed by atoms with Crippen LogP contribution in [0.1, 0.15) is 21.7 Å². The number of nitrogens with one attached hydrogen (secondary N) is 1. The van der Waals surface area contributed by atoms with Crippen molar-refractivity contribution < 1.29 is 18.7 Å². The Morgan fingerprint density at radius 3 is 2.29 bits per heavy atom. The van der Waals surface area contributed by atoms with Crippen LogP contribution in [0.15, 0.2) is 42.5 Å². The molecule has 2 aromatic carbocycles. The fourth-order valence-electron chi connectivity index (χ4n) is 3.13. The van der Waals surface area contributed by atoms with Gasteiger partial charge in [-0.15, -0.1) is 0 Å². The third-order valence-electron chi connectivity index (χ3n) is 4.48. The number of halogens is 2. The summed E-state index contributed by atoms with van der Waals surface area (Å²) in [6.45, 7) is 3.72. The molecule has 0 aliphatic heterocycles. The van der Waals surface area contributed by atoms with Gasteiger partial charge in [0.15, 0.2) is 0 Å². The zero-order valence-corrected chi connectivity index (χ0v) is 16.7. The predicted molar refractivity (Wildman–Crippen MR) is 108 cm³/mol. The van der Waals surface area contributed by atoms with Gasteiger partial charge < -0.3 is 19.4 Å². The van der Waals surface area contributed by atoms with Gasteiger partial charge in [-0.25, -0.2) is 4.39 Å². The molecule has 5 nitrogen and oxygen atoms in total. The van der Waals surface area contributed by atoms with Crippen LogP contribution in [0.3, 0.4) is 0 Å². The molecule has 0 atom stereocenters. The van der Waals surface area contributed by atoms with Crippen LogP contribution in [0, 0.1) is 19.7 Å². The molecule has 0 aliphatic carbocycles. The Morgan fingerprint density at radius 2 is 1.68 bits per heavy atom. The summed E-state index contributed by atoms with van der Waals surface area (Å²) in [4.78, 5) is 12.9. The van der Waals surface area contributed by atoms with E-state index in [9.17, 15) is 9.18 Å². The van der Waals surface area contributed by atoms with Crippen LogP contribution in [0.2, 0.25) is 5.02 Å². The molecular weight excluding hydrogens is 383 g/mol. The van der Waals surface area contributed by atoms with Gasteiger partial charge in [0.25, 0.3) is 5.91 Å². The minimum atomic E-state index is -0.312. The van der Waals surface area contributed by atoms with Gasteiger partial charge in [-0.1, -0.05) is 11.6 Å². The van der Waals surface area contributed by atoms with Crippen LogP contribution in [0.25, 0.3) is 5.69 Å². The van der Waals surface area contributed by atoms with Gasteiger partial charge in [0, 0.05) is 23.1 Å². The molecule has 0 bridgehead atoms. The first-order valence-electron chi connectivity index (χ1n) is 8.53. The number of rotatable bonds is 5. The first-order valence-corrected chi connectivity index (χ1v) is 8.91. The Hall–Kier alpha value is -2.99. The molecule has 0 radical (unpaired) electrons. The lowest BCUT2D eigenvalue weighted by atomic mass is 10.2. The number of aromatic nitrogens is 1. The molecule has 0 fully saturated rings. The third kappa shape index (κ3) is 3.68. The van der Waals surface area contributed by atoms with Crippen molar-refractivity contribution in [2.45, 2.75) is 13.8 Å². The number of aryl methyl sites for hydroxylation is 1. The fraction of sp³-hybridized carbons (Fsp3) is 0.190. The molecule has 1 N–H and O–H groups in total. The number of methoxy groups -OCH3 is 2. The maximum Gasteiger partial charge on any atom is 0.257 e. The standard InChI is InChI=1S/C21H20ClFN2O3/c1-12-9-16(13(2)25(12)15-7-5-14(23)6-8-15)21(26)24-18-10-17(22)19(27-3)11-20(18)28-4/h5-11H,1-4H3,(H,24,26). The van der Waals surface area contributed by atoms with Gasteiger partial charge in [0.2, 0.25) is 0 Å². The van der Waals surface area contributed by atoms with E-state index in [1.165, 1.54) is 26.4 Å². The number of carbonyl (C=O) groups is 1. The molecular formula is C21H20ClFN2O3. The topological polar surface area (TPSA) is 52.5 Å². The number of amides is 1. The van der Waals surface area contributed by atoms with Crippen LogP contribution in [0.5, 0.6) is 11.5 Å². The summed E-state index contributed by atoms with van der Waals surface area (Å²) in [5.41, 5.74) is 3.30. The minimum absolute atomic E-state index is 0.305. The van der Waals surface area contributed by atoms with E-state index in [4.69, 9.17) is 21.1 Å². The lowest BCUT2D eigenvalue weighted by Crippen LogP contribution is -2.14. The number of hydrogen-bond donors (Lipinski definition) is 1. The number of nitrogens with zero attached hydrogens (tertiary/aromatic N) is 1. The first-order chi connectivity index (χ1) is 13.3. The third-order valence-corrected chi connectivity index (χ3v) is 4.78. The van der Waals surface area contributed by atoms with Gasteiger partial charge in [0.05, 0.1) is 30.5 Å². The highest BCUT2D eigenvalue weighted by Gasteiger charge is 2.19. The smallest absolute Gasteiger partial charge is 0.257 e. The molecule has 3 aromatic rings. The molecule has 1 aromatic heterocycles. The second-order valence-corrected chi connectivity index (χ2v) is 6.64. The summed E-state index contributed by atoms with van der Waals surface area (Å²) >= 11 is 6.17. The van der Waals surface area contributed by atoms with Crippen molar-refractivity contribution in [1.29, 1.82) is 0 Å². The number of carbonyl (C=O) groups excluding carboxylic acids is 1. The van der Waals surface area contributed by atoms with Crippen molar-refractivity contribution in [2.75, 3.05) is 19.5 Å². The summed E-state index contributed by atoms with van der Waals surface area (Å²) in [5, 5.41) is 3.19. The zero-order valence-electron chi connectivity index (χ0n) is 16.0. The highest BCUT2D eigenvalue weighted by Crippen LogP contribution is 2.36. The molecule has 0 saturated carbocycles. The Labute approximate surface area is 167 Å². The second kappa shape index (κ2) is 7.94. The monoisotopic (exact) mass is 402 g/mol. The predicted octanol–water partition coefficient (Wildman–Crippen LogP) is 5.16. The van der Waals surface area contributed by atoms with E-state index in [1.54, 1.807) is 30.3 Å². The largest absolute Gasteiger partial charge is 0.495 e. The molecule has 0 spiro atoms. The molecule has 0 aliphatic rings. The summed E-state index contributed by atoms with van der Waals surface area (Å²) in [5.74, 6) is 0.265. The highest BCUT2D eigenvalue weighted by atomic mass is 35.5. The van der Waals surface area contributed by atoms with Crippen LogP contribution in [-0.2, 0) is 0 Å². The Bertz CT molecular complexity index is 1030. The van der Waals surface area contributed by atoms with Gasteiger partial charge >= 0.3 is 0 Å². The summed E-state index contributed by atoms with van der Waals surface area (Å²) < 4.78 is 25.6. The maximum absolute atomic E-state index is 13.2. The van der Waals surface area contributed by atoms with Crippen molar-refractivity contribution >= 4 is 23.2 Å². The Balaban J connectivity index is 1.95. The molecule has 7 heteroatoms. The first kappa shape index (κ1) is 19.8. The number of benzene rings is 2. The maximum atomic E-state index is 13.2.